The van der Waals surface area contributed by atoms with Crippen molar-refractivity contribution in [1.29, 1.82) is 0 Å². The highest BCUT2D eigenvalue weighted by atomic mass is 15.1. The maximum Gasteiger partial charge on any atom is 0.0540 e. The van der Waals surface area contributed by atoms with Gasteiger partial charge in [0.25, 0.3) is 0 Å². The van der Waals surface area contributed by atoms with Gasteiger partial charge in [-0.3, -0.25) is 0 Å². The van der Waals surface area contributed by atoms with Gasteiger partial charge in [-0.2, -0.15) is 0 Å². The van der Waals surface area contributed by atoms with Crippen molar-refractivity contribution in [2.24, 2.45) is 17.8 Å². The van der Waals surface area contributed by atoms with Crippen LogP contribution < -0.4 is 4.90 Å². The molecule has 5 aliphatic carbocycles. The quantitative estimate of drug-likeness (QED) is 0.174. The lowest BCUT2D eigenvalue weighted by Crippen LogP contribution is -2.48. The summed E-state index contributed by atoms with van der Waals surface area (Å²) in [6, 6.07) is 54.0. The molecule has 4 unspecified atom stereocenters. The Bertz CT molecular complexity index is 2360. The first kappa shape index (κ1) is 31.6. The van der Waals surface area contributed by atoms with Crippen LogP contribution in [0, 0.1) is 17.8 Å². The van der Waals surface area contributed by atoms with Crippen molar-refractivity contribution >= 4 is 17.1 Å². The lowest BCUT2D eigenvalue weighted by Gasteiger charge is -2.54. The second-order valence-corrected chi connectivity index (χ2v) is 17.0. The Morgan fingerprint density at radius 2 is 1.13 bits per heavy atom. The van der Waals surface area contributed by atoms with Gasteiger partial charge in [0.2, 0.25) is 0 Å². The van der Waals surface area contributed by atoms with Crippen LogP contribution in [0.1, 0.15) is 93.4 Å². The minimum absolute atomic E-state index is 0.0751. The first-order valence-corrected chi connectivity index (χ1v) is 20.6. The molecule has 2 bridgehead atoms. The van der Waals surface area contributed by atoms with Crippen LogP contribution in [0.2, 0.25) is 0 Å². The molecule has 11 rings (SSSR count). The van der Waals surface area contributed by atoms with Gasteiger partial charge in [-0.05, 0) is 130 Å². The Labute approximate surface area is 315 Å². The van der Waals surface area contributed by atoms with Crippen LogP contribution in [-0.2, 0) is 10.8 Å². The van der Waals surface area contributed by atoms with Crippen molar-refractivity contribution in [3.8, 4) is 33.4 Å². The molecule has 0 N–H and O–H groups in total. The summed E-state index contributed by atoms with van der Waals surface area (Å²) in [7, 11) is 0. The Hall–Kier alpha value is -4.88. The maximum absolute atomic E-state index is 2.67. The first-order valence-electron chi connectivity index (χ1n) is 20.6. The number of nitrogens with zero attached hydrogens (tertiary/aromatic N) is 1. The van der Waals surface area contributed by atoms with E-state index in [0.717, 1.165) is 5.92 Å². The van der Waals surface area contributed by atoms with Crippen LogP contribution in [0.4, 0.5) is 17.1 Å². The summed E-state index contributed by atoms with van der Waals surface area (Å²) in [5.41, 5.74) is 18.6. The van der Waals surface area contributed by atoms with Crippen molar-refractivity contribution < 1.29 is 0 Å². The van der Waals surface area contributed by atoms with E-state index in [-0.39, 0.29) is 10.8 Å². The highest BCUT2D eigenvalue weighted by Gasteiger charge is 2.56. The molecule has 0 heterocycles. The Morgan fingerprint density at radius 1 is 0.528 bits per heavy atom. The van der Waals surface area contributed by atoms with Gasteiger partial charge >= 0.3 is 0 Å². The molecule has 4 atom stereocenters. The van der Waals surface area contributed by atoms with Crippen LogP contribution in [0.3, 0.4) is 0 Å². The Kier molecular flexibility index (Phi) is 7.20. The van der Waals surface area contributed by atoms with Gasteiger partial charge in [-0.25, -0.2) is 0 Å². The van der Waals surface area contributed by atoms with E-state index in [1.165, 1.54) is 120 Å². The van der Waals surface area contributed by atoms with E-state index in [2.05, 4.69) is 151 Å². The number of benzene rings is 6. The fraction of sp³-hybridized carbons (Fsp3) is 0.308. The minimum atomic E-state index is 0.0751. The number of rotatable bonds is 5. The average Bonchev–Trinajstić information content (AvgIpc) is 3.90. The third-order valence-corrected chi connectivity index (χ3v) is 14.7. The molecule has 2 spiro atoms. The lowest BCUT2D eigenvalue weighted by molar-refractivity contribution is 0.0557. The normalized spacial score (nSPS) is 24.1. The number of anilines is 3. The van der Waals surface area contributed by atoms with E-state index in [1.54, 1.807) is 16.7 Å². The van der Waals surface area contributed by atoms with E-state index in [9.17, 15) is 0 Å². The largest absolute Gasteiger partial charge is 0.310 e. The highest BCUT2D eigenvalue weighted by molar-refractivity contribution is 5.92. The first-order chi connectivity index (χ1) is 26.2. The number of hydrogen-bond acceptors (Lipinski definition) is 1. The predicted molar refractivity (Wildman–Crippen MR) is 221 cm³/mol. The van der Waals surface area contributed by atoms with Crippen LogP contribution in [0.15, 0.2) is 140 Å². The summed E-state index contributed by atoms with van der Waals surface area (Å²) in [6.45, 7) is 2.47. The zero-order chi connectivity index (χ0) is 35.1. The van der Waals surface area contributed by atoms with Crippen LogP contribution in [0.25, 0.3) is 33.4 Å². The predicted octanol–water partition coefficient (Wildman–Crippen LogP) is 14.2. The molecule has 3 saturated carbocycles. The number of hydrogen-bond donors (Lipinski definition) is 0. The Balaban J connectivity index is 1.16. The standard InChI is InChI=1S/C52H49N/c1-2-37-31-35-15-14-18-38(32-35)52(37)47-23-10-7-21-43(47)45-28-26-40(34-49(45)52)53(50-24-11-8-19-41(50)36-16-4-3-5-17-36)39-25-27-44-42-20-6-9-22-46(42)51(48(44)33-39)29-12-13-30-51/h3-11,16-17,19-28,33-35,37-38H,2,12-15,18,29-32H2,1H3. The molecule has 1 heteroatoms. The summed E-state index contributed by atoms with van der Waals surface area (Å²) in [5, 5.41) is 0. The summed E-state index contributed by atoms with van der Waals surface area (Å²) >= 11 is 0. The number of para-hydroxylation sites is 1. The van der Waals surface area contributed by atoms with Crippen molar-refractivity contribution in [2.75, 3.05) is 4.90 Å². The van der Waals surface area contributed by atoms with Gasteiger partial charge < -0.3 is 4.90 Å². The van der Waals surface area contributed by atoms with Gasteiger partial charge in [0.05, 0.1) is 5.69 Å². The summed E-state index contributed by atoms with van der Waals surface area (Å²) in [6.07, 6.45) is 13.2. The average molecular weight is 688 g/mol. The molecule has 0 amide bonds. The summed E-state index contributed by atoms with van der Waals surface area (Å²) in [5.74, 6) is 2.25. The molecule has 5 aliphatic rings. The second kappa shape index (κ2) is 12.1. The van der Waals surface area contributed by atoms with E-state index in [0.29, 0.717) is 11.8 Å². The molecule has 3 fully saturated rings. The Morgan fingerprint density at radius 3 is 1.89 bits per heavy atom. The molecule has 53 heavy (non-hydrogen) atoms. The van der Waals surface area contributed by atoms with Gasteiger partial charge in [-0.15, -0.1) is 0 Å². The number of fused-ring (bicyclic) bond motifs is 13. The SMILES string of the molecule is CCC1CC2CCCC(C2)C12c1ccccc1-c1ccc(N(c3ccc4c(c3)C3(CCCC3)c3ccccc3-4)c3ccccc3-c3ccccc3)cc12. The minimum Gasteiger partial charge on any atom is -0.310 e. The smallest absolute Gasteiger partial charge is 0.0540 e. The van der Waals surface area contributed by atoms with Crippen LogP contribution in [0.5, 0.6) is 0 Å². The van der Waals surface area contributed by atoms with Gasteiger partial charge in [-0.1, -0.05) is 148 Å². The zero-order valence-corrected chi connectivity index (χ0v) is 31.0. The molecule has 1 nitrogen and oxygen atoms in total. The van der Waals surface area contributed by atoms with Crippen LogP contribution in [-0.4, -0.2) is 0 Å². The molecule has 0 aromatic heterocycles. The van der Waals surface area contributed by atoms with Gasteiger partial charge in [0.15, 0.2) is 0 Å². The molecule has 6 aromatic rings. The third-order valence-electron chi connectivity index (χ3n) is 14.7. The van der Waals surface area contributed by atoms with E-state index in [4.69, 9.17) is 0 Å². The molecule has 262 valence electrons. The molecule has 0 aliphatic heterocycles. The zero-order valence-electron chi connectivity index (χ0n) is 31.0. The fourth-order valence-electron chi connectivity index (χ4n) is 12.7. The molecule has 6 aromatic carbocycles. The van der Waals surface area contributed by atoms with E-state index < -0.39 is 0 Å². The van der Waals surface area contributed by atoms with E-state index >= 15 is 0 Å². The van der Waals surface area contributed by atoms with E-state index in [1.807, 2.05) is 0 Å². The van der Waals surface area contributed by atoms with Crippen LogP contribution >= 0.6 is 0 Å². The van der Waals surface area contributed by atoms with Crippen molar-refractivity contribution in [1.82, 2.24) is 0 Å². The molecule has 0 saturated heterocycles. The van der Waals surface area contributed by atoms with Crippen molar-refractivity contribution in [3.05, 3.63) is 162 Å². The topological polar surface area (TPSA) is 3.24 Å². The summed E-state index contributed by atoms with van der Waals surface area (Å²) < 4.78 is 0. The monoisotopic (exact) mass is 687 g/mol. The molecular formula is C52H49N. The van der Waals surface area contributed by atoms with Crippen molar-refractivity contribution in [2.45, 2.75) is 82.0 Å². The highest BCUT2D eigenvalue weighted by Crippen LogP contribution is 2.65. The second-order valence-electron chi connectivity index (χ2n) is 17.0. The van der Waals surface area contributed by atoms with Crippen molar-refractivity contribution in [3.63, 3.8) is 0 Å². The van der Waals surface area contributed by atoms with Gasteiger partial charge in [0, 0.05) is 27.8 Å². The fourth-order valence-corrected chi connectivity index (χ4v) is 12.7. The third kappa shape index (κ3) is 4.43. The molecular weight excluding hydrogens is 639 g/mol. The summed E-state index contributed by atoms with van der Waals surface area (Å²) in [4.78, 5) is 2.62. The van der Waals surface area contributed by atoms with Gasteiger partial charge in [0.1, 0.15) is 0 Å². The lowest BCUT2D eigenvalue weighted by atomic mass is 9.50. The maximum atomic E-state index is 2.67. The molecule has 0 radical (unpaired) electrons.